The summed E-state index contributed by atoms with van der Waals surface area (Å²) in [4.78, 5) is 27.0. The number of hydrogen-bond donors (Lipinski definition) is 2. The highest BCUT2D eigenvalue weighted by Gasteiger charge is 2.28. The molecule has 3 aromatic carbocycles. The topological polar surface area (TPSA) is 83.0 Å². The molecule has 7 heteroatoms. The number of para-hydroxylation sites is 1. The highest BCUT2D eigenvalue weighted by atomic mass is 16.5. The Hall–Kier alpha value is -4.13. The Morgan fingerprint density at radius 2 is 1.56 bits per heavy atom. The van der Waals surface area contributed by atoms with Crippen molar-refractivity contribution < 1.29 is 14.3 Å². The summed E-state index contributed by atoms with van der Waals surface area (Å²) in [6.45, 7) is 4.16. The molecule has 1 fully saturated rings. The number of hydrazone groups is 1. The van der Waals surface area contributed by atoms with E-state index in [0.717, 1.165) is 36.2 Å². The minimum absolute atomic E-state index is 0.00487. The molecule has 186 valence electrons. The van der Waals surface area contributed by atoms with Gasteiger partial charge in [-0.3, -0.25) is 9.59 Å². The van der Waals surface area contributed by atoms with Crippen LogP contribution in [0.25, 0.3) is 0 Å². The smallest absolute Gasteiger partial charge is 0.271 e. The fourth-order valence-corrected chi connectivity index (χ4v) is 4.41. The van der Waals surface area contributed by atoms with Crippen LogP contribution in [-0.2, 0) is 4.79 Å². The third-order valence-corrected chi connectivity index (χ3v) is 6.31. The Bertz CT molecular complexity index is 1170. The summed E-state index contributed by atoms with van der Waals surface area (Å²) in [6, 6.07) is 24.8. The van der Waals surface area contributed by atoms with Crippen LogP contribution < -0.4 is 15.5 Å². The first-order valence-corrected chi connectivity index (χ1v) is 12.3. The lowest BCUT2D eigenvalue weighted by atomic mass is 9.97. The molecule has 0 spiro atoms. The number of nitrogens with zero attached hydrogens (tertiary/aromatic N) is 2. The first-order valence-electron chi connectivity index (χ1n) is 12.3. The molecule has 1 aliphatic heterocycles. The summed E-state index contributed by atoms with van der Waals surface area (Å²) in [5.41, 5.74) is 5.83. The highest BCUT2D eigenvalue weighted by molar-refractivity contribution is 5.95. The molecule has 2 unspecified atom stereocenters. The van der Waals surface area contributed by atoms with Crippen LogP contribution in [-0.4, -0.2) is 41.6 Å². The van der Waals surface area contributed by atoms with Crippen molar-refractivity contribution >= 4 is 29.4 Å². The van der Waals surface area contributed by atoms with E-state index in [1.54, 1.807) is 30.5 Å². The van der Waals surface area contributed by atoms with Gasteiger partial charge in [-0.25, -0.2) is 5.43 Å². The van der Waals surface area contributed by atoms with E-state index in [1.807, 2.05) is 59.5 Å². The van der Waals surface area contributed by atoms with E-state index in [9.17, 15) is 9.59 Å². The summed E-state index contributed by atoms with van der Waals surface area (Å²) in [6.07, 6.45) is 4.80. The summed E-state index contributed by atoms with van der Waals surface area (Å²) in [7, 11) is 0. The predicted molar refractivity (Wildman–Crippen MR) is 143 cm³/mol. The number of piperidine rings is 1. The fourth-order valence-electron chi connectivity index (χ4n) is 4.41. The van der Waals surface area contributed by atoms with Crippen molar-refractivity contribution in [3.63, 3.8) is 0 Å². The summed E-state index contributed by atoms with van der Waals surface area (Å²) >= 11 is 0. The largest absolute Gasteiger partial charge is 0.484 e. The molecule has 7 nitrogen and oxygen atoms in total. The SMILES string of the molecule is CC1CCCC(C)N1C(=O)COc1ccc(C(=O)N/N=C/c2ccc(Nc3ccccc3)cc2)cc1. The van der Waals surface area contributed by atoms with Gasteiger partial charge in [0.05, 0.1) is 6.21 Å². The molecular formula is C29H32N4O3. The Morgan fingerprint density at radius 1 is 0.917 bits per heavy atom. The second-order valence-corrected chi connectivity index (χ2v) is 9.06. The quantitative estimate of drug-likeness (QED) is 0.333. The molecule has 4 rings (SSSR count). The average molecular weight is 485 g/mol. The fraction of sp³-hybridized carbons (Fsp3) is 0.276. The molecule has 1 heterocycles. The van der Waals surface area contributed by atoms with Crippen molar-refractivity contribution in [2.45, 2.75) is 45.2 Å². The van der Waals surface area contributed by atoms with Gasteiger partial charge in [-0.05, 0) is 87.2 Å². The Kier molecular flexibility index (Phi) is 8.34. The van der Waals surface area contributed by atoms with Gasteiger partial charge in [0.25, 0.3) is 11.8 Å². The lowest BCUT2D eigenvalue weighted by Gasteiger charge is -2.38. The number of ether oxygens (including phenoxy) is 1. The standard InChI is InChI=1S/C29H32N4O3/c1-21-7-6-8-22(2)33(21)28(34)20-36-27-17-13-24(14-18-27)29(35)32-30-19-23-11-15-26(16-12-23)31-25-9-4-3-5-10-25/h3-5,9-19,21-22,31H,6-8,20H2,1-2H3,(H,32,35)/b30-19+. The van der Waals surface area contributed by atoms with Gasteiger partial charge in [-0.15, -0.1) is 0 Å². The average Bonchev–Trinajstić information content (AvgIpc) is 2.89. The molecule has 2 atom stereocenters. The molecular weight excluding hydrogens is 452 g/mol. The van der Waals surface area contributed by atoms with Gasteiger partial charge < -0.3 is 15.0 Å². The van der Waals surface area contributed by atoms with Crippen LogP contribution in [0.1, 0.15) is 49.0 Å². The maximum absolute atomic E-state index is 12.6. The van der Waals surface area contributed by atoms with E-state index < -0.39 is 0 Å². The monoisotopic (exact) mass is 484 g/mol. The van der Waals surface area contributed by atoms with Gasteiger partial charge in [0.2, 0.25) is 0 Å². The van der Waals surface area contributed by atoms with E-state index in [2.05, 4.69) is 29.7 Å². The minimum atomic E-state index is -0.327. The third-order valence-electron chi connectivity index (χ3n) is 6.31. The number of nitrogens with one attached hydrogen (secondary N) is 2. The summed E-state index contributed by atoms with van der Waals surface area (Å²) < 4.78 is 5.68. The summed E-state index contributed by atoms with van der Waals surface area (Å²) in [5, 5.41) is 7.37. The van der Waals surface area contributed by atoms with Gasteiger partial charge in [0, 0.05) is 29.0 Å². The van der Waals surface area contributed by atoms with Crippen molar-refractivity contribution in [1.82, 2.24) is 10.3 Å². The summed E-state index contributed by atoms with van der Waals surface area (Å²) in [5.74, 6) is 0.215. The molecule has 1 aliphatic rings. The van der Waals surface area contributed by atoms with Gasteiger partial charge in [-0.1, -0.05) is 30.3 Å². The number of hydrogen-bond acceptors (Lipinski definition) is 5. The van der Waals surface area contributed by atoms with Crippen LogP contribution in [0.15, 0.2) is 84.0 Å². The Morgan fingerprint density at radius 3 is 2.22 bits per heavy atom. The zero-order chi connectivity index (χ0) is 25.3. The molecule has 0 bridgehead atoms. The highest BCUT2D eigenvalue weighted by Crippen LogP contribution is 2.23. The van der Waals surface area contributed by atoms with E-state index >= 15 is 0 Å². The second-order valence-electron chi connectivity index (χ2n) is 9.06. The van der Waals surface area contributed by atoms with Crippen LogP contribution in [0.2, 0.25) is 0 Å². The molecule has 3 aromatic rings. The third kappa shape index (κ3) is 6.72. The van der Waals surface area contributed by atoms with Crippen LogP contribution in [0, 0.1) is 0 Å². The number of likely N-dealkylation sites (tertiary alicyclic amines) is 1. The number of benzene rings is 3. The van der Waals surface area contributed by atoms with Gasteiger partial charge in [-0.2, -0.15) is 5.10 Å². The van der Waals surface area contributed by atoms with E-state index in [4.69, 9.17) is 4.74 Å². The van der Waals surface area contributed by atoms with Crippen molar-refractivity contribution in [2.75, 3.05) is 11.9 Å². The number of carbonyl (C=O) groups is 2. The maximum Gasteiger partial charge on any atom is 0.271 e. The number of anilines is 2. The number of rotatable bonds is 8. The maximum atomic E-state index is 12.6. The molecule has 0 saturated carbocycles. The first-order chi connectivity index (χ1) is 17.5. The molecule has 2 amide bonds. The van der Waals surface area contributed by atoms with E-state index in [-0.39, 0.29) is 30.5 Å². The van der Waals surface area contributed by atoms with Crippen LogP contribution >= 0.6 is 0 Å². The Labute approximate surface area is 212 Å². The molecule has 2 N–H and O–H groups in total. The zero-order valence-electron chi connectivity index (χ0n) is 20.7. The molecule has 36 heavy (non-hydrogen) atoms. The van der Waals surface area contributed by atoms with Gasteiger partial charge in [0.1, 0.15) is 5.75 Å². The predicted octanol–water partition coefficient (Wildman–Crippen LogP) is 5.36. The molecule has 0 aromatic heterocycles. The lowest BCUT2D eigenvalue weighted by Crippen LogP contribution is -2.49. The number of amides is 2. The van der Waals surface area contributed by atoms with Gasteiger partial charge in [0.15, 0.2) is 6.61 Å². The van der Waals surface area contributed by atoms with Crippen molar-refractivity contribution in [1.29, 1.82) is 0 Å². The first kappa shape index (κ1) is 25.0. The van der Waals surface area contributed by atoms with Crippen molar-refractivity contribution in [3.05, 3.63) is 90.0 Å². The van der Waals surface area contributed by atoms with Crippen molar-refractivity contribution in [2.24, 2.45) is 5.10 Å². The molecule has 0 aliphatic carbocycles. The van der Waals surface area contributed by atoms with E-state index in [1.165, 1.54) is 0 Å². The van der Waals surface area contributed by atoms with Crippen molar-refractivity contribution in [3.8, 4) is 5.75 Å². The number of carbonyl (C=O) groups excluding carboxylic acids is 2. The van der Waals surface area contributed by atoms with Crippen LogP contribution in [0.3, 0.4) is 0 Å². The van der Waals surface area contributed by atoms with Crippen LogP contribution in [0.4, 0.5) is 11.4 Å². The minimum Gasteiger partial charge on any atom is -0.484 e. The zero-order valence-corrected chi connectivity index (χ0v) is 20.7. The van der Waals surface area contributed by atoms with Crippen LogP contribution in [0.5, 0.6) is 5.75 Å². The normalized spacial score (nSPS) is 17.6. The molecule has 1 saturated heterocycles. The Balaban J connectivity index is 1.24. The van der Waals surface area contributed by atoms with Gasteiger partial charge >= 0.3 is 0 Å². The second kappa shape index (κ2) is 12.0. The lowest BCUT2D eigenvalue weighted by molar-refractivity contribution is -0.139. The van der Waals surface area contributed by atoms with E-state index in [0.29, 0.717) is 11.3 Å². The molecule has 0 radical (unpaired) electrons.